The number of nitrogens with zero attached hydrogens (tertiary/aromatic N) is 4. The molecule has 5 nitrogen and oxygen atoms in total. The summed E-state index contributed by atoms with van der Waals surface area (Å²) >= 11 is 0. The van der Waals surface area contributed by atoms with Crippen molar-refractivity contribution in [1.29, 1.82) is 0 Å². The first-order chi connectivity index (χ1) is 13.4. The van der Waals surface area contributed by atoms with Crippen LogP contribution in [-0.4, -0.2) is 64.8 Å². The van der Waals surface area contributed by atoms with Crippen molar-refractivity contribution in [3.05, 3.63) is 66.5 Å². The lowest BCUT2D eigenvalue weighted by atomic mass is 10.0. The van der Waals surface area contributed by atoms with Gasteiger partial charge in [0.05, 0.1) is 36.6 Å². The van der Waals surface area contributed by atoms with Crippen molar-refractivity contribution in [3.63, 3.8) is 0 Å². The zero-order valence-corrected chi connectivity index (χ0v) is 15.6. The molecule has 1 aromatic heterocycles. The number of ether oxygens (including phenoxy) is 1. The van der Waals surface area contributed by atoms with Crippen LogP contribution in [0.5, 0.6) is 0 Å². The molecule has 2 fully saturated rings. The summed E-state index contributed by atoms with van der Waals surface area (Å²) in [6, 6.07) is 20.0. The van der Waals surface area contributed by atoms with Gasteiger partial charge in [0.15, 0.2) is 0 Å². The number of benzene rings is 2. The van der Waals surface area contributed by atoms with Crippen LogP contribution in [0, 0.1) is 0 Å². The highest BCUT2D eigenvalue weighted by atomic mass is 16.5. The number of para-hydroxylation sites is 2. The smallest absolute Gasteiger partial charge is 0.0958 e. The summed E-state index contributed by atoms with van der Waals surface area (Å²) in [5.74, 6) is 0. The average Bonchev–Trinajstić information content (AvgIpc) is 3.15. The van der Waals surface area contributed by atoms with E-state index in [1.807, 2.05) is 12.4 Å². The van der Waals surface area contributed by atoms with Crippen molar-refractivity contribution in [2.75, 3.05) is 39.4 Å². The number of hydrogen-bond acceptors (Lipinski definition) is 4. The van der Waals surface area contributed by atoms with Gasteiger partial charge in [-0.2, -0.15) is 0 Å². The molecule has 0 saturated carbocycles. The SMILES string of the molecule is c1ccc([C@H]2COC[C@H]3CN(CCn4cnc5ccccc54)CCN32)cc1. The second-order valence-corrected chi connectivity index (χ2v) is 7.58. The van der Waals surface area contributed by atoms with Gasteiger partial charge in [-0.05, 0) is 17.7 Å². The standard InChI is InChI=1S/C22H26N4O/c1-2-6-18(7-3-1)22-16-27-15-19-14-24(11-13-26(19)22)10-12-25-17-23-20-8-4-5-9-21(20)25/h1-9,17,19,22H,10-16H2/t19-,22-/m1/s1. The largest absolute Gasteiger partial charge is 0.378 e. The molecule has 27 heavy (non-hydrogen) atoms. The van der Waals surface area contributed by atoms with Crippen molar-refractivity contribution in [2.24, 2.45) is 0 Å². The molecule has 2 saturated heterocycles. The molecule has 140 valence electrons. The number of rotatable bonds is 4. The van der Waals surface area contributed by atoms with Gasteiger partial charge in [0.1, 0.15) is 0 Å². The van der Waals surface area contributed by atoms with Gasteiger partial charge < -0.3 is 9.30 Å². The Morgan fingerprint density at radius 3 is 2.70 bits per heavy atom. The Morgan fingerprint density at radius 1 is 0.926 bits per heavy atom. The van der Waals surface area contributed by atoms with Crippen molar-refractivity contribution in [2.45, 2.75) is 18.6 Å². The van der Waals surface area contributed by atoms with Gasteiger partial charge in [0, 0.05) is 38.8 Å². The molecule has 2 atom stereocenters. The number of aromatic nitrogens is 2. The average molecular weight is 362 g/mol. The topological polar surface area (TPSA) is 33.5 Å². The molecular formula is C22H26N4O. The van der Waals surface area contributed by atoms with Crippen LogP contribution in [0.25, 0.3) is 11.0 Å². The molecule has 0 radical (unpaired) electrons. The number of fused-ring (bicyclic) bond motifs is 2. The Labute approximate surface area is 160 Å². The highest BCUT2D eigenvalue weighted by molar-refractivity contribution is 5.74. The molecule has 0 N–H and O–H groups in total. The van der Waals surface area contributed by atoms with E-state index in [-0.39, 0.29) is 0 Å². The third kappa shape index (κ3) is 3.38. The summed E-state index contributed by atoms with van der Waals surface area (Å²) in [6.45, 7) is 6.99. The summed E-state index contributed by atoms with van der Waals surface area (Å²) in [4.78, 5) is 9.74. The Morgan fingerprint density at radius 2 is 1.78 bits per heavy atom. The van der Waals surface area contributed by atoms with Crippen LogP contribution in [0.15, 0.2) is 60.9 Å². The van der Waals surface area contributed by atoms with E-state index in [0.717, 1.165) is 51.5 Å². The molecule has 0 amide bonds. The maximum atomic E-state index is 5.98. The summed E-state index contributed by atoms with van der Waals surface area (Å²) in [5.41, 5.74) is 3.68. The molecule has 2 aliphatic heterocycles. The normalized spacial score (nSPS) is 24.1. The molecule has 3 aromatic rings. The summed E-state index contributed by atoms with van der Waals surface area (Å²) in [6.07, 6.45) is 1.97. The summed E-state index contributed by atoms with van der Waals surface area (Å²) in [7, 11) is 0. The van der Waals surface area contributed by atoms with Gasteiger partial charge in [-0.1, -0.05) is 42.5 Å². The summed E-state index contributed by atoms with van der Waals surface area (Å²) in [5, 5.41) is 0. The van der Waals surface area contributed by atoms with Crippen LogP contribution in [0.4, 0.5) is 0 Å². The molecule has 5 rings (SSSR count). The molecular weight excluding hydrogens is 336 g/mol. The molecule has 2 aromatic carbocycles. The van der Waals surface area contributed by atoms with Crippen LogP contribution in [0.3, 0.4) is 0 Å². The minimum absolute atomic E-state index is 0.393. The Kier molecular flexibility index (Phi) is 4.66. The first-order valence-corrected chi connectivity index (χ1v) is 9.89. The number of morpholine rings is 1. The van der Waals surface area contributed by atoms with Gasteiger partial charge in [-0.3, -0.25) is 9.80 Å². The lowest BCUT2D eigenvalue weighted by molar-refractivity contribution is -0.0825. The van der Waals surface area contributed by atoms with Crippen molar-refractivity contribution in [3.8, 4) is 0 Å². The van der Waals surface area contributed by atoms with Crippen molar-refractivity contribution >= 4 is 11.0 Å². The lowest BCUT2D eigenvalue weighted by Gasteiger charge is -2.48. The predicted molar refractivity (Wildman–Crippen MR) is 107 cm³/mol. The van der Waals surface area contributed by atoms with Crippen LogP contribution in [-0.2, 0) is 11.3 Å². The maximum Gasteiger partial charge on any atom is 0.0958 e. The Hall–Kier alpha value is -2.21. The molecule has 0 spiro atoms. The first kappa shape index (κ1) is 16.9. The highest BCUT2D eigenvalue weighted by Gasteiger charge is 2.36. The monoisotopic (exact) mass is 362 g/mol. The van der Waals surface area contributed by atoms with E-state index >= 15 is 0 Å². The first-order valence-electron chi connectivity index (χ1n) is 9.89. The zero-order chi connectivity index (χ0) is 18.1. The maximum absolute atomic E-state index is 5.98. The second kappa shape index (κ2) is 7.43. The third-order valence-corrected chi connectivity index (χ3v) is 5.97. The number of imidazole rings is 1. The van der Waals surface area contributed by atoms with Crippen LogP contribution < -0.4 is 0 Å². The molecule has 0 aliphatic carbocycles. The van der Waals surface area contributed by atoms with Crippen LogP contribution >= 0.6 is 0 Å². The predicted octanol–water partition coefficient (Wildman–Crippen LogP) is 2.79. The van der Waals surface area contributed by atoms with Crippen molar-refractivity contribution in [1.82, 2.24) is 19.4 Å². The van der Waals surface area contributed by atoms with E-state index in [0.29, 0.717) is 12.1 Å². The fraction of sp³-hybridized carbons (Fsp3) is 0.409. The van der Waals surface area contributed by atoms with Crippen LogP contribution in [0.1, 0.15) is 11.6 Å². The lowest BCUT2D eigenvalue weighted by Crippen LogP contribution is -2.59. The van der Waals surface area contributed by atoms with Gasteiger partial charge in [-0.15, -0.1) is 0 Å². The minimum atomic E-state index is 0.393. The highest BCUT2D eigenvalue weighted by Crippen LogP contribution is 2.29. The van der Waals surface area contributed by atoms with Crippen molar-refractivity contribution < 1.29 is 4.74 Å². The van der Waals surface area contributed by atoms with Crippen LogP contribution in [0.2, 0.25) is 0 Å². The Bertz CT molecular complexity index is 893. The second-order valence-electron chi connectivity index (χ2n) is 7.58. The third-order valence-electron chi connectivity index (χ3n) is 5.97. The summed E-state index contributed by atoms with van der Waals surface area (Å²) < 4.78 is 8.25. The zero-order valence-electron chi connectivity index (χ0n) is 15.6. The molecule has 0 unspecified atom stereocenters. The van der Waals surface area contributed by atoms with E-state index in [1.165, 1.54) is 11.1 Å². The van der Waals surface area contributed by atoms with Gasteiger partial charge in [0.2, 0.25) is 0 Å². The van der Waals surface area contributed by atoms with E-state index in [4.69, 9.17) is 4.74 Å². The van der Waals surface area contributed by atoms with Gasteiger partial charge in [-0.25, -0.2) is 4.98 Å². The van der Waals surface area contributed by atoms with E-state index < -0.39 is 0 Å². The molecule has 2 aliphatic rings. The number of hydrogen-bond donors (Lipinski definition) is 0. The fourth-order valence-corrected chi connectivity index (χ4v) is 4.51. The molecule has 3 heterocycles. The van der Waals surface area contributed by atoms with E-state index in [2.05, 4.69) is 67.9 Å². The van der Waals surface area contributed by atoms with Gasteiger partial charge >= 0.3 is 0 Å². The fourth-order valence-electron chi connectivity index (χ4n) is 4.51. The molecule has 5 heteroatoms. The quantitative estimate of drug-likeness (QED) is 0.715. The van der Waals surface area contributed by atoms with Gasteiger partial charge in [0.25, 0.3) is 0 Å². The minimum Gasteiger partial charge on any atom is -0.378 e. The van der Waals surface area contributed by atoms with E-state index in [1.54, 1.807) is 0 Å². The molecule has 0 bridgehead atoms. The Balaban J connectivity index is 1.23. The van der Waals surface area contributed by atoms with E-state index in [9.17, 15) is 0 Å². The number of piperazine rings is 1.